The van der Waals surface area contributed by atoms with Gasteiger partial charge in [0.25, 0.3) is 0 Å². The van der Waals surface area contributed by atoms with E-state index in [1.807, 2.05) is 12.1 Å². The van der Waals surface area contributed by atoms with Crippen molar-refractivity contribution in [2.24, 2.45) is 0 Å². The fourth-order valence-corrected chi connectivity index (χ4v) is 1.18. The van der Waals surface area contributed by atoms with Crippen LogP contribution in [0.2, 0.25) is 0 Å². The summed E-state index contributed by atoms with van der Waals surface area (Å²) >= 11 is 0. The van der Waals surface area contributed by atoms with Gasteiger partial charge in [0.2, 0.25) is 0 Å². The van der Waals surface area contributed by atoms with Crippen molar-refractivity contribution in [2.75, 3.05) is 6.54 Å². The number of aliphatic carboxylic acids is 1. The summed E-state index contributed by atoms with van der Waals surface area (Å²) in [5.74, 6) is -1.00. The lowest BCUT2D eigenvalue weighted by Gasteiger charge is -2.04. The van der Waals surface area contributed by atoms with Gasteiger partial charge in [-0.05, 0) is 17.7 Å². The van der Waals surface area contributed by atoms with Gasteiger partial charge in [-0.1, -0.05) is 18.7 Å². The Bertz CT molecular complexity index is 447. The van der Waals surface area contributed by atoms with E-state index in [4.69, 9.17) is 10.4 Å². The Balaban J connectivity index is 2.46. The van der Waals surface area contributed by atoms with Crippen molar-refractivity contribution in [2.45, 2.75) is 6.54 Å². The Kier molecular flexibility index (Phi) is 4.25. The van der Waals surface area contributed by atoms with Crippen LogP contribution < -0.4 is 5.32 Å². The minimum atomic E-state index is -1.00. The molecule has 0 atom stereocenters. The molecule has 2 N–H and O–H groups in total. The number of carbonyl (C=O) groups is 1. The number of rotatable bonds is 5. The van der Waals surface area contributed by atoms with Gasteiger partial charge in [0, 0.05) is 18.7 Å². The number of carboxylic acid groups (broad SMARTS) is 1. The maximum absolute atomic E-state index is 10.5. The Hall–Kier alpha value is -2.12. The number of nitrogens with one attached hydrogen (secondary N) is 1. The zero-order chi connectivity index (χ0) is 12.0. The summed E-state index contributed by atoms with van der Waals surface area (Å²) in [6, 6.07) is 9.19. The summed E-state index contributed by atoms with van der Waals surface area (Å²) in [5.41, 5.74) is 1.66. The predicted octanol–water partition coefficient (Wildman–Crippen LogP) is 1.29. The van der Waals surface area contributed by atoms with Gasteiger partial charge in [0.05, 0.1) is 11.6 Å². The van der Waals surface area contributed by atoms with Crippen LogP contribution in [0.1, 0.15) is 11.1 Å². The highest BCUT2D eigenvalue weighted by molar-refractivity contribution is 5.86. The first-order chi connectivity index (χ1) is 7.63. The van der Waals surface area contributed by atoms with Gasteiger partial charge in [-0.15, -0.1) is 0 Å². The molecule has 1 aromatic rings. The molecule has 16 heavy (non-hydrogen) atoms. The van der Waals surface area contributed by atoms with E-state index in [9.17, 15) is 4.79 Å². The first-order valence-electron chi connectivity index (χ1n) is 4.74. The Morgan fingerprint density at radius 1 is 1.56 bits per heavy atom. The molecule has 0 unspecified atom stereocenters. The third-order valence-corrected chi connectivity index (χ3v) is 2.03. The summed E-state index contributed by atoms with van der Waals surface area (Å²) in [5, 5.41) is 20.2. The van der Waals surface area contributed by atoms with Crippen molar-refractivity contribution in [1.29, 1.82) is 5.26 Å². The molecule has 0 aliphatic carbocycles. The first-order valence-corrected chi connectivity index (χ1v) is 4.74. The zero-order valence-electron chi connectivity index (χ0n) is 8.73. The van der Waals surface area contributed by atoms with Gasteiger partial charge in [-0.25, -0.2) is 4.79 Å². The molecule has 0 saturated carbocycles. The predicted molar refractivity (Wildman–Crippen MR) is 59.6 cm³/mol. The summed E-state index contributed by atoms with van der Waals surface area (Å²) in [4.78, 5) is 10.5. The quantitative estimate of drug-likeness (QED) is 0.727. The topological polar surface area (TPSA) is 73.1 Å². The fraction of sp³-hybridized carbons (Fsp3) is 0.167. The van der Waals surface area contributed by atoms with Crippen LogP contribution >= 0.6 is 0 Å². The number of hydrogen-bond acceptors (Lipinski definition) is 3. The average molecular weight is 216 g/mol. The second-order valence-corrected chi connectivity index (χ2v) is 3.32. The van der Waals surface area contributed by atoms with Crippen LogP contribution in [-0.2, 0) is 11.3 Å². The van der Waals surface area contributed by atoms with Gasteiger partial charge < -0.3 is 10.4 Å². The largest absolute Gasteiger partial charge is 0.478 e. The maximum Gasteiger partial charge on any atom is 0.332 e. The van der Waals surface area contributed by atoms with Crippen molar-refractivity contribution in [3.63, 3.8) is 0 Å². The lowest BCUT2D eigenvalue weighted by Crippen LogP contribution is -2.19. The van der Waals surface area contributed by atoms with Crippen molar-refractivity contribution >= 4 is 5.97 Å². The molecule has 1 aromatic carbocycles. The van der Waals surface area contributed by atoms with Gasteiger partial charge in [0.1, 0.15) is 0 Å². The van der Waals surface area contributed by atoms with Crippen LogP contribution in [0, 0.1) is 11.3 Å². The van der Waals surface area contributed by atoms with E-state index in [-0.39, 0.29) is 12.1 Å². The summed E-state index contributed by atoms with van der Waals surface area (Å²) in [7, 11) is 0. The average Bonchev–Trinajstić information content (AvgIpc) is 2.29. The molecule has 0 spiro atoms. The second-order valence-electron chi connectivity index (χ2n) is 3.32. The molecule has 0 fully saturated rings. The summed E-state index contributed by atoms with van der Waals surface area (Å²) < 4.78 is 0. The molecule has 1 rings (SSSR count). The fourth-order valence-electron chi connectivity index (χ4n) is 1.18. The van der Waals surface area contributed by atoms with Gasteiger partial charge in [-0.3, -0.25) is 0 Å². The van der Waals surface area contributed by atoms with Gasteiger partial charge >= 0.3 is 5.97 Å². The molecule has 0 bridgehead atoms. The second kappa shape index (κ2) is 5.69. The summed E-state index contributed by atoms with van der Waals surface area (Å²) in [6.45, 7) is 4.15. The minimum Gasteiger partial charge on any atom is -0.478 e. The normalized spacial score (nSPS) is 9.44. The number of carboxylic acids is 1. The number of nitriles is 1. The number of hydrogen-bond donors (Lipinski definition) is 2. The maximum atomic E-state index is 10.5. The van der Waals surface area contributed by atoms with Crippen molar-refractivity contribution in [3.8, 4) is 6.07 Å². The Morgan fingerprint density at radius 2 is 2.31 bits per heavy atom. The lowest BCUT2D eigenvalue weighted by atomic mass is 10.1. The van der Waals surface area contributed by atoms with Crippen molar-refractivity contribution in [1.82, 2.24) is 5.32 Å². The molecule has 0 aromatic heterocycles. The number of nitrogens with zero attached hydrogens (tertiary/aromatic N) is 1. The molecule has 82 valence electrons. The van der Waals surface area contributed by atoms with Crippen molar-refractivity contribution in [3.05, 3.63) is 47.5 Å². The van der Waals surface area contributed by atoms with E-state index in [0.29, 0.717) is 12.1 Å². The SMILES string of the molecule is C=C(CNCc1cccc(C#N)c1)C(=O)O. The highest BCUT2D eigenvalue weighted by atomic mass is 16.4. The Morgan fingerprint density at radius 3 is 2.94 bits per heavy atom. The molecular formula is C12H12N2O2. The van der Waals surface area contributed by atoms with E-state index in [1.165, 1.54) is 0 Å². The van der Waals surface area contributed by atoms with Crippen LogP contribution in [0.25, 0.3) is 0 Å². The first kappa shape index (κ1) is 12.0. The molecule has 4 heteroatoms. The molecular weight excluding hydrogens is 204 g/mol. The van der Waals surface area contributed by atoms with E-state index < -0.39 is 5.97 Å². The van der Waals surface area contributed by atoms with Crippen LogP contribution in [-0.4, -0.2) is 17.6 Å². The van der Waals surface area contributed by atoms with E-state index in [0.717, 1.165) is 5.56 Å². The molecule has 0 amide bonds. The molecule has 0 heterocycles. The standard InChI is InChI=1S/C12H12N2O2/c1-9(12(15)16)7-14-8-11-4-2-3-10(5-11)6-13/h2-5,14H,1,7-8H2,(H,15,16). The Labute approximate surface area is 93.8 Å². The minimum absolute atomic E-state index is 0.122. The van der Waals surface area contributed by atoms with E-state index >= 15 is 0 Å². The third kappa shape index (κ3) is 3.56. The van der Waals surface area contributed by atoms with Crippen LogP contribution in [0.15, 0.2) is 36.4 Å². The van der Waals surface area contributed by atoms with Gasteiger partial charge in [-0.2, -0.15) is 5.26 Å². The molecule has 0 aliphatic rings. The molecule has 0 saturated heterocycles. The van der Waals surface area contributed by atoms with Crippen LogP contribution in [0.3, 0.4) is 0 Å². The highest BCUT2D eigenvalue weighted by Crippen LogP contribution is 2.03. The monoisotopic (exact) mass is 216 g/mol. The van der Waals surface area contributed by atoms with E-state index in [2.05, 4.69) is 11.9 Å². The van der Waals surface area contributed by atoms with E-state index in [1.54, 1.807) is 18.2 Å². The molecule has 0 radical (unpaired) electrons. The third-order valence-electron chi connectivity index (χ3n) is 2.03. The molecule has 4 nitrogen and oxygen atoms in total. The lowest BCUT2D eigenvalue weighted by molar-refractivity contribution is -0.132. The van der Waals surface area contributed by atoms with Crippen molar-refractivity contribution < 1.29 is 9.90 Å². The number of benzene rings is 1. The van der Waals surface area contributed by atoms with Crippen LogP contribution in [0.4, 0.5) is 0 Å². The highest BCUT2D eigenvalue weighted by Gasteiger charge is 2.02. The molecule has 0 aliphatic heterocycles. The zero-order valence-corrected chi connectivity index (χ0v) is 8.73. The van der Waals surface area contributed by atoms with Crippen LogP contribution in [0.5, 0.6) is 0 Å². The smallest absolute Gasteiger partial charge is 0.332 e. The summed E-state index contributed by atoms with van der Waals surface area (Å²) in [6.07, 6.45) is 0. The van der Waals surface area contributed by atoms with Gasteiger partial charge in [0.15, 0.2) is 0 Å².